The van der Waals surface area contributed by atoms with Crippen molar-refractivity contribution in [3.63, 3.8) is 0 Å². The normalized spacial score (nSPS) is 18.9. The highest BCUT2D eigenvalue weighted by molar-refractivity contribution is 5.93. The molecule has 1 amide bonds. The number of aromatic amines is 1. The Hall–Kier alpha value is -2.14. The van der Waals surface area contributed by atoms with E-state index in [4.69, 9.17) is 0 Å². The number of rotatable bonds is 4. The summed E-state index contributed by atoms with van der Waals surface area (Å²) in [5.41, 5.74) is 5.29. The highest BCUT2D eigenvalue weighted by atomic mass is 16.1. The van der Waals surface area contributed by atoms with E-state index >= 15 is 0 Å². The third kappa shape index (κ3) is 3.22. The maximum Gasteiger partial charge on any atom is 0.238 e. The number of aryl methyl sites for hydroxylation is 3. The third-order valence-electron chi connectivity index (χ3n) is 5.05. The number of benzene rings is 1. The number of nitrogens with one attached hydrogen (secondary N) is 3. The standard InChI is InChI=1S/C19H26N4O/c1-12-17(13(2)23-22-12)21-16(24)11-20-18-15-8-6-5-7-14(15)9-10-19(18,3)4/h5-8,18,20H,9-11H2,1-4H3,(H,21,24)(H,22,23)/t18-/m0/s1. The minimum atomic E-state index is -0.0403. The van der Waals surface area contributed by atoms with Gasteiger partial charge in [-0.05, 0) is 43.2 Å². The summed E-state index contributed by atoms with van der Waals surface area (Å²) in [6.45, 7) is 8.61. The maximum absolute atomic E-state index is 12.4. The Morgan fingerprint density at radius 3 is 2.79 bits per heavy atom. The predicted molar refractivity (Wildman–Crippen MR) is 96.0 cm³/mol. The van der Waals surface area contributed by atoms with E-state index in [-0.39, 0.29) is 23.9 Å². The summed E-state index contributed by atoms with van der Waals surface area (Å²) < 4.78 is 0. The molecule has 0 fully saturated rings. The van der Waals surface area contributed by atoms with Gasteiger partial charge in [-0.15, -0.1) is 0 Å². The van der Waals surface area contributed by atoms with Crippen LogP contribution in [-0.4, -0.2) is 22.6 Å². The van der Waals surface area contributed by atoms with Crippen LogP contribution in [0.5, 0.6) is 0 Å². The number of hydrogen-bond donors (Lipinski definition) is 3. The van der Waals surface area contributed by atoms with Crippen molar-refractivity contribution >= 4 is 11.6 Å². The minimum Gasteiger partial charge on any atom is -0.322 e. The molecule has 128 valence electrons. The van der Waals surface area contributed by atoms with Crippen LogP contribution >= 0.6 is 0 Å². The number of H-pyrrole nitrogens is 1. The fraction of sp³-hybridized carbons (Fsp3) is 0.474. The zero-order valence-electron chi connectivity index (χ0n) is 14.9. The molecule has 1 aromatic carbocycles. The molecule has 5 heteroatoms. The van der Waals surface area contributed by atoms with Crippen molar-refractivity contribution in [1.82, 2.24) is 15.5 Å². The summed E-state index contributed by atoms with van der Waals surface area (Å²) in [4.78, 5) is 12.4. The third-order valence-corrected chi connectivity index (χ3v) is 5.05. The van der Waals surface area contributed by atoms with Crippen LogP contribution in [0.3, 0.4) is 0 Å². The van der Waals surface area contributed by atoms with Gasteiger partial charge in [0.1, 0.15) is 0 Å². The van der Waals surface area contributed by atoms with Crippen molar-refractivity contribution in [3.8, 4) is 0 Å². The monoisotopic (exact) mass is 326 g/mol. The van der Waals surface area contributed by atoms with E-state index in [1.165, 1.54) is 11.1 Å². The molecule has 0 radical (unpaired) electrons. The molecular weight excluding hydrogens is 300 g/mol. The van der Waals surface area contributed by atoms with Crippen LogP contribution < -0.4 is 10.6 Å². The van der Waals surface area contributed by atoms with Crippen molar-refractivity contribution in [1.29, 1.82) is 0 Å². The molecule has 0 spiro atoms. The molecule has 3 N–H and O–H groups in total. The lowest BCUT2D eigenvalue weighted by Crippen LogP contribution is -2.41. The van der Waals surface area contributed by atoms with Gasteiger partial charge in [0.2, 0.25) is 5.91 Å². The lowest BCUT2D eigenvalue weighted by molar-refractivity contribution is -0.115. The number of hydrogen-bond acceptors (Lipinski definition) is 3. The van der Waals surface area contributed by atoms with Crippen LogP contribution in [0.4, 0.5) is 5.69 Å². The molecule has 0 saturated heterocycles. The number of anilines is 1. The van der Waals surface area contributed by atoms with Gasteiger partial charge in [0.25, 0.3) is 0 Å². The molecule has 1 atom stereocenters. The molecule has 24 heavy (non-hydrogen) atoms. The van der Waals surface area contributed by atoms with E-state index in [0.717, 1.165) is 29.9 Å². The van der Waals surface area contributed by atoms with E-state index in [0.29, 0.717) is 0 Å². The first-order valence-corrected chi connectivity index (χ1v) is 8.51. The molecule has 3 rings (SSSR count). The summed E-state index contributed by atoms with van der Waals surface area (Å²) in [7, 11) is 0. The van der Waals surface area contributed by atoms with Crippen LogP contribution in [0.1, 0.15) is 48.8 Å². The number of amides is 1. The first kappa shape index (κ1) is 16.7. The summed E-state index contributed by atoms with van der Waals surface area (Å²) in [5.74, 6) is -0.0403. The van der Waals surface area contributed by atoms with Crippen molar-refractivity contribution < 1.29 is 4.79 Å². The Kier molecular flexibility index (Phi) is 4.45. The van der Waals surface area contributed by atoms with Gasteiger partial charge in [-0.2, -0.15) is 5.10 Å². The van der Waals surface area contributed by atoms with Gasteiger partial charge in [0, 0.05) is 6.04 Å². The topological polar surface area (TPSA) is 69.8 Å². The number of carbonyl (C=O) groups excluding carboxylic acids is 1. The van der Waals surface area contributed by atoms with Gasteiger partial charge in [-0.3, -0.25) is 9.89 Å². The average Bonchev–Trinajstić information content (AvgIpc) is 2.85. The zero-order valence-corrected chi connectivity index (χ0v) is 14.9. The Morgan fingerprint density at radius 2 is 2.08 bits per heavy atom. The molecule has 2 aromatic rings. The van der Waals surface area contributed by atoms with Crippen molar-refractivity contribution in [3.05, 3.63) is 46.8 Å². The van der Waals surface area contributed by atoms with Crippen LogP contribution in [0.15, 0.2) is 24.3 Å². The van der Waals surface area contributed by atoms with Gasteiger partial charge in [-0.1, -0.05) is 38.1 Å². The quantitative estimate of drug-likeness (QED) is 0.807. The molecule has 0 unspecified atom stereocenters. The second-order valence-corrected chi connectivity index (χ2v) is 7.36. The van der Waals surface area contributed by atoms with Crippen LogP contribution in [-0.2, 0) is 11.2 Å². The van der Waals surface area contributed by atoms with E-state index in [9.17, 15) is 4.79 Å². The maximum atomic E-state index is 12.4. The zero-order chi connectivity index (χ0) is 17.3. The largest absolute Gasteiger partial charge is 0.322 e. The van der Waals surface area contributed by atoms with Crippen LogP contribution in [0, 0.1) is 19.3 Å². The fourth-order valence-corrected chi connectivity index (χ4v) is 3.57. The highest BCUT2D eigenvalue weighted by Crippen LogP contribution is 2.43. The lowest BCUT2D eigenvalue weighted by atomic mass is 9.70. The molecular formula is C19H26N4O. The van der Waals surface area contributed by atoms with Gasteiger partial charge in [0.15, 0.2) is 0 Å². The Labute approximate surface area is 143 Å². The minimum absolute atomic E-state index is 0.0403. The number of carbonyl (C=O) groups is 1. The molecule has 5 nitrogen and oxygen atoms in total. The summed E-state index contributed by atoms with van der Waals surface area (Å²) in [6, 6.07) is 8.71. The average molecular weight is 326 g/mol. The second kappa shape index (κ2) is 6.40. The first-order chi connectivity index (χ1) is 11.4. The number of nitrogens with zero attached hydrogens (tertiary/aromatic N) is 1. The number of aromatic nitrogens is 2. The Bertz CT molecular complexity index is 728. The van der Waals surface area contributed by atoms with Crippen LogP contribution in [0.25, 0.3) is 0 Å². The van der Waals surface area contributed by atoms with E-state index in [2.05, 4.69) is 58.9 Å². The van der Waals surface area contributed by atoms with Gasteiger partial charge in [0.05, 0.1) is 23.6 Å². The second-order valence-electron chi connectivity index (χ2n) is 7.36. The van der Waals surface area contributed by atoms with E-state index in [1.807, 2.05) is 13.8 Å². The van der Waals surface area contributed by atoms with Gasteiger partial charge < -0.3 is 10.6 Å². The van der Waals surface area contributed by atoms with Crippen molar-refractivity contribution in [2.75, 3.05) is 11.9 Å². The fourth-order valence-electron chi connectivity index (χ4n) is 3.57. The highest BCUT2D eigenvalue weighted by Gasteiger charge is 2.35. The summed E-state index contributed by atoms with van der Waals surface area (Å²) >= 11 is 0. The molecule has 1 aliphatic rings. The Balaban J connectivity index is 1.70. The van der Waals surface area contributed by atoms with Crippen molar-refractivity contribution in [2.24, 2.45) is 5.41 Å². The van der Waals surface area contributed by atoms with Gasteiger partial charge in [-0.25, -0.2) is 0 Å². The summed E-state index contributed by atoms with van der Waals surface area (Å²) in [5, 5.41) is 13.4. The predicted octanol–water partition coefficient (Wildman–Crippen LogP) is 3.27. The van der Waals surface area contributed by atoms with E-state index in [1.54, 1.807) is 0 Å². The SMILES string of the molecule is Cc1n[nH]c(C)c1NC(=O)CN[C@H]1c2ccccc2CCC1(C)C. The summed E-state index contributed by atoms with van der Waals surface area (Å²) in [6.07, 6.45) is 2.21. The molecule has 0 saturated carbocycles. The molecule has 0 bridgehead atoms. The first-order valence-electron chi connectivity index (χ1n) is 8.51. The van der Waals surface area contributed by atoms with E-state index < -0.39 is 0 Å². The van der Waals surface area contributed by atoms with Crippen LogP contribution in [0.2, 0.25) is 0 Å². The molecule has 0 aliphatic heterocycles. The lowest BCUT2D eigenvalue weighted by Gasteiger charge is -2.40. The molecule has 1 aliphatic carbocycles. The molecule has 1 aromatic heterocycles. The van der Waals surface area contributed by atoms with Crippen molar-refractivity contribution in [2.45, 2.75) is 46.6 Å². The Morgan fingerprint density at radius 1 is 1.33 bits per heavy atom. The molecule has 1 heterocycles. The smallest absolute Gasteiger partial charge is 0.238 e. The van der Waals surface area contributed by atoms with Gasteiger partial charge >= 0.3 is 0 Å². The number of fused-ring (bicyclic) bond motifs is 1.